The van der Waals surface area contributed by atoms with Gasteiger partial charge in [0.1, 0.15) is 11.8 Å². The van der Waals surface area contributed by atoms with E-state index >= 15 is 0 Å². The van der Waals surface area contributed by atoms with E-state index in [9.17, 15) is 15.0 Å². The number of aliphatic carboxylic acids is 1. The smallest absolute Gasteiger partial charge is 0.451 e. The van der Waals surface area contributed by atoms with Gasteiger partial charge in [0.15, 0.2) is 0 Å². The van der Waals surface area contributed by atoms with Gasteiger partial charge in [-0.15, -0.1) is 0 Å². The van der Waals surface area contributed by atoms with E-state index in [1.165, 1.54) is 0 Å². The Morgan fingerprint density at radius 1 is 1.38 bits per heavy atom. The minimum absolute atomic E-state index is 0.0164. The van der Waals surface area contributed by atoms with Gasteiger partial charge in [-0.25, -0.2) is 0 Å². The highest BCUT2D eigenvalue weighted by atomic mass is 16.4. The molecule has 1 aliphatic rings. The second kappa shape index (κ2) is 8.82. The molecule has 1 aliphatic heterocycles. The van der Waals surface area contributed by atoms with Crippen LogP contribution in [-0.4, -0.2) is 74.1 Å². The Hall–Kier alpha value is -1.95. The number of aromatic amines is 1. The lowest BCUT2D eigenvalue weighted by Gasteiger charge is -2.29. The van der Waals surface area contributed by atoms with E-state index in [2.05, 4.69) is 4.98 Å². The molecule has 0 spiro atoms. The fourth-order valence-corrected chi connectivity index (χ4v) is 4.25. The van der Waals surface area contributed by atoms with Crippen molar-refractivity contribution in [2.45, 2.75) is 43.4 Å². The number of benzene rings is 1. The number of nitrogens with zero attached hydrogens (tertiary/aromatic N) is 1. The lowest BCUT2D eigenvalue weighted by Crippen LogP contribution is -2.56. The number of carboxylic acid groups (broad SMARTS) is 1. The molecule has 1 aromatic carbocycles. The number of nitrogens with one attached hydrogen (secondary N) is 1. The first-order chi connectivity index (χ1) is 13.7. The molecule has 4 atom stereocenters. The molecule has 9 nitrogen and oxygen atoms in total. The van der Waals surface area contributed by atoms with Crippen LogP contribution in [0, 0.1) is 5.92 Å². The van der Waals surface area contributed by atoms with Crippen LogP contribution < -0.4 is 11.5 Å². The highest BCUT2D eigenvalue weighted by Crippen LogP contribution is 2.32. The number of aliphatic hydroxyl groups excluding tert-OH is 1. The zero-order valence-electron chi connectivity index (χ0n) is 16.2. The van der Waals surface area contributed by atoms with Crippen LogP contribution in [0.2, 0.25) is 6.32 Å². The van der Waals surface area contributed by atoms with Gasteiger partial charge in [-0.3, -0.25) is 9.69 Å². The summed E-state index contributed by atoms with van der Waals surface area (Å²) in [6, 6.07) is 7.20. The Morgan fingerprint density at radius 3 is 2.79 bits per heavy atom. The number of hydrogen-bond acceptors (Lipinski definition) is 7. The van der Waals surface area contributed by atoms with Crippen LogP contribution in [0.4, 0.5) is 0 Å². The molecule has 1 fully saturated rings. The molecule has 29 heavy (non-hydrogen) atoms. The highest BCUT2D eigenvalue weighted by Gasteiger charge is 2.51. The number of carbonyl (C=O) groups is 1. The van der Waals surface area contributed by atoms with Crippen molar-refractivity contribution in [3.63, 3.8) is 0 Å². The van der Waals surface area contributed by atoms with Gasteiger partial charge in [-0.05, 0) is 30.8 Å². The summed E-state index contributed by atoms with van der Waals surface area (Å²) in [6.07, 6.45) is 2.25. The van der Waals surface area contributed by atoms with E-state index < -0.39 is 36.8 Å². The lowest BCUT2D eigenvalue weighted by atomic mass is 9.78. The van der Waals surface area contributed by atoms with E-state index in [-0.39, 0.29) is 19.4 Å². The van der Waals surface area contributed by atoms with E-state index in [0.717, 1.165) is 16.5 Å². The second-order valence-corrected chi connectivity index (χ2v) is 8.02. The maximum atomic E-state index is 11.8. The number of likely N-dealkylation sites (tertiary alicyclic amines) is 1. The van der Waals surface area contributed by atoms with Crippen LogP contribution in [0.5, 0.6) is 0 Å². The first-order valence-corrected chi connectivity index (χ1v) is 9.83. The minimum Gasteiger partial charge on any atom is -0.480 e. The summed E-state index contributed by atoms with van der Waals surface area (Å²) in [5, 5.41) is 39.5. The van der Waals surface area contributed by atoms with Gasteiger partial charge in [0.25, 0.3) is 0 Å². The molecule has 2 heterocycles. The van der Waals surface area contributed by atoms with Crippen molar-refractivity contribution in [1.29, 1.82) is 0 Å². The molecule has 3 rings (SSSR count). The molecular weight excluding hydrogens is 375 g/mol. The molecule has 0 aliphatic carbocycles. The molecule has 1 aromatic heterocycles. The number of H-pyrrole nitrogens is 1. The van der Waals surface area contributed by atoms with E-state index in [1.54, 1.807) is 4.90 Å². The fourth-order valence-electron chi connectivity index (χ4n) is 4.25. The van der Waals surface area contributed by atoms with E-state index in [0.29, 0.717) is 19.3 Å². The number of fused-ring (bicyclic) bond motifs is 1. The normalized spacial score (nSPS) is 24.7. The minimum atomic E-state index is -1.51. The zero-order chi connectivity index (χ0) is 21.2. The van der Waals surface area contributed by atoms with Crippen LogP contribution in [0.15, 0.2) is 30.5 Å². The predicted molar refractivity (Wildman–Crippen MR) is 110 cm³/mol. The predicted octanol–water partition coefficient (Wildman–Crippen LogP) is -0.677. The van der Waals surface area contributed by atoms with Gasteiger partial charge in [-0.1, -0.05) is 24.6 Å². The number of rotatable bonds is 9. The number of hydrogen-bond donors (Lipinski definition) is 7. The van der Waals surface area contributed by atoms with Gasteiger partial charge in [0, 0.05) is 42.1 Å². The summed E-state index contributed by atoms with van der Waals surface area (Å²) in [7, 11) is -1.43. The van der Waals surface area contributed by atoms with Crippen molar-refractivity contribution < 1.29 is 25.1 Å². The average Bonchev–Trinajstić information content (AvgIpc) is 3.23. The van der Waals surface area contributed by atoms with Gasteiger partial charge in [-0.2, -0.15) is 0 Å². The number of nitrogens with two attached hydrogens (primary N) is 2. The van der Waals surface area contributed by atoms with Gasteiger partial charge in [0.2, 0.25) is 0 Å². The molecule has 0 amide bonds. The molecule has 9 N–H and O–H groups in total. The summed E-state index contributed by atoms with van der Waals surface area (Å²) in [6.45, 7) is 0.268. The highest BCUT2D eigenvalue weighted by molar-refractivity contribution is 6.40. The molecule has 158 valence electrons. The standard InChI is InChI=1S/C19H29BN4O5/c21-15(8-12-9-23-16-6-2-1-5-14(12)16)17(25)24-10-13(4-3-7-20(28)29)19(22,11-24)18(26)27/h1-2,5-6,9,13,15,17,23,25,28-29H,3-4,7-8,10-11,21-22H2,(H,26,27)/t13?,15-,17?,19-/m0/s1. The number of para-hydroxylation sites is 1. The van der Waals surface area contributed by atoms with Crippen molar-refractivity contribution in [2.75, 3.05) is 13.1 Å². The van der Waals surface area contributed by atoms with Crippen molar-refractivity contribution in [3.8, 4) is 0 Å². The number of aromatic nitrogens is 1. The van der Waals surface area contributed by atoms with Crippen molar-refractivity contribution >= 4 is 24.0 Å². The van der Waals surface area contributed by atoms with Crippen LogP contribution in [-0.2, 0) is 11.2 Å². The fraction of sp³-hybridized carbons (Fsp3) is 0.526. The Morgan fingerprint density at radius 2 is 2.10 bits per heavy atom. The molecule has 2 unspecified atom stereocenters. The SMILES string of the molecule is N[C@@H](Cc1c[nH]c2ccccc12)C(O)N1CC(CCCB(O)O)[C@](N)(C(=O)O)C1. The second-order valence-electron chi connectivity index (χ2n) is 8.02. The topological polar surface area (TPSA) is 169 Å². The molecule has 10 heteroatoms. The van der Waals surface area contributed by atoms with Crippen molar-refractivity contribution in [1.82, 2.24) is 9.88 Å². The van der Waals surface area contributed by atoms with Crippen LogP contribution in [0.1, 0.15) is 18.4 Å². The lowest BCUT2D eigenvalue weighted by molar-refractivity contribution is -0.144. The van der Waals surface area contributed by atoms with Crippen molar-refractivity contribution in [3.05, 3.63) is 36.0 Å². The molecule has 0 saturated carbocycles. The van der Waals surface area contributed by atoms with Crippen LogP contribution >= 0.6 is 0 Å². The van der Waals surface area contributed by atoms with Gasteiger partial charge in [0.05, 0.1) is 0 Å². The largest absolute Gasteiger partial charge is 0.480 e. The Bertz CT molecular complexity index is 847. The Labute approximate surface area is 169 Å². The van der Waals surface area contributed by atoms with Gasteiger partial charge < -0.3 is 36.7 Å². The average molecular weight is 404 g/mol. The molecule has 0 bridgehead atoms. The summed E-state index contributed by atoms with van der Waals surface area (Å²) >= 11 is 0. The summed E-state index contributed by atoms with van der Waals surface area (Å²) in [4.78, 5) is 16.6. The van der Waals surface area contributed by atoms with Crippen LogP contribution in [0.3, 0.4) is 0 Å². The Balaban J connectivity index is 1.67. The zero-order valence-corrected chi connectivity index (χ0v) is 16.2. The molecule has 0 radical (unpaired) electrons. The van der Waals surface area contributed by atoms with E-state index in [4.69, 9.17) is 21.5 Å². The van der Waals surface area contributed by atoms with Gasteiger partial charge >= 0.3 is 13.1 Å². The first kappa shape index (κ1) is 21.8. The quantitative estimate of drug-likeness (QED) is 0.270. The maximum absolute atomic E-state index is 11.8. The molecular formula is C19H29BN4O5. The van der Waals surface area contributed by atoms with Crippen molar-refractivity contribution in [2.24, 2.45) is 17.4 Å². The third-order valence-corrected chi connectivity index (χ3v) is 5.95. The summed E-state index contributed by atoms with van der Waals surface area (Å²) in [5.41, 5.74) is 12.9. The maximum Gasteiger partial charge on any atom is 0.451 e. The molecule has 1 saturated heterocycles. The first-order valence-electron chi connectivity index (χ1n) is 9.83. The summed E-state index contributed by atoms with van der Waals surface area (Å²) < 4.78 is 0. The van der Waals surface area contributed by atoms with E-state index in [1.807, 2.05) is 30.5 Å². The summed E-state index contributed by atoms with van der Waals surface area (Å²) in [5.74, 6) is -1.55. The number of aliphatic hydroxyl groups is 1. The third-order valence-electron chi connectivity index (χ3n) is 5.95. The third kappa shape index (κ3) is 4.63. The monoisotopic (exact) mass is 404 g/mol. The van der Waals surface area contributed by atoms with Crippen LogP contribution in [0.25, 0.3) is 10.9 Å². The molecule has 2 aromatic rings. The Kier molecular flexibility index (Phi) is 6.62. The number of carboxylic acids is 1.